The molecule has 0 bridgehead atoms. The number of carboxylic acids is 1. The van der Waals surface area contributed by atoms with E-state index in [4.69, 9.17) is 4.74 Å². The zero-order chi connectivity index (χ0) is 18.2. The van der Waals surface area contributed by atoms with Gasteiger partial charge in [0, 0.05) is 6.42 Å². The fourth-order valence-electron chi connectivity index (χ4n) is 5.56. The van der Waals surface area contributed by atoms with Gasteiger partial charge in [-0.2, -0.15) is 0 Å². The highest BCUT2D eigenvalue weighted by molar-refractivity contribution is 5.75. The van der Waals surface area contributed by atoms with Crippen LogP contribution in [0.5, 0.6) is 0 Å². The molecule has 0 aromatic carbocycles. The van der Waals surface area contributed by atoms with Crippen LogP contribution in [0, 0.1) is 28.1 Å². The molecule has 0 aliphatic heterocycles. The molecule has 0 aromatic heterocycles. The van der Waals surface area contributed by atoms with E-state index < -0.39 is 11.4 Å². The minimum Gasteiger partial charge on any atom is -0.481 e. The molecule has 0 spiro atoms. The molecule has 138 valence electrons. The summed E-state index contributed by atoms with van der Waals surface area (Å²) in [4.78, 5) is 23.8. The standard InChI is InChI=1S/C20H34O4/c1-6-18(2)11-12-19(3)14(13-18)9-10-20(4,17(22)23)15(19)7-8-16(21)24-5/h14-15H,6-13H2,1-5H3,(H,22,23)/t14-,15+,18+,19-,20+/m1/s1. The van der Waals surface area contributed by atoms with Crippen LogP contribution < -0.4 is 0 Å². The SMILES string of the molecule is CC[C@@]1(C)CC[C@]2(C)[C@H](CC[C@](C)(C(=O)O)[C@H]2CCC(=O)OC)C1. The van der Waals surface area contributed by atoms with Crippen LogP contribution in [0.2, 0.25) is 0 Å². The number of carboxylic acid groups (broad SMARTS) is 1. The van der Waals surface area contributed by atoms with Gasteiger partial charge in [0.05, 0.1) is 12.5 Å². The molecule has 5 atom stereocenters. The topological polar surface area (TPSA) is 63.6 Å². The molecule has 2 rings (SSSR count). The molecule has 4 heteroatoms. The number of carbonyl (C=O) groups excluding carboxylic acids is 1. The Kier molecular flexibility index (Phi) is 5.37. The lowest BCUT2D eigenvalue weighted by Crippen LogP contribution is -2.55. The van der Waals surface area contributed by atoms with Gasteiger partial charge in [-0.15, -0.1) is 0 Å². The molecule has 0 heterocycles. The fourth-order valence-corrected chi connectivity index (χ4v) is 5.56. The van der Waals surface area contributed by atoms with Crippen molar-refractivity contribution in [1.29, 1.82) is 0 Å². The second kappa shape index (κ2) is 6.68. The van der Waals surface area contributed by atoms with Gasteiger partial charge in [0.25, 0.3) is 0 Å². The van der Waals surface area contributed by atoms with Gasteiger partial charge >= 0.3 is 11.9 Å². The van der Waals surface area contributed by atoms with Gasteiger partial charge in [-0.25, -0.2) is 0 Å². The van der Waals surface area contributed by atoms with Gasteiger partial charge in [-0.3, -0.25) is 9.59 Å². The maximum absolute atomic E-state index is 12.1. The summed E-state index contributed by atoms with van der Waals surface area (Å²) in [7, 11) is 1.40. The molecule has 2 aliphatic carbocycles. The van der Waals surface area contributed by atoms with Crippen molar-refractivity contribution in [1.82, 2.24) is 0 Å². The number of rotatable bonds is 5. The van der Waals surface area contributed by atoms with Crippen molar-refractivity contribution in [2.24, 2.45) is 28.1 Å². The maximum atomic E-state index is 12.1. The number of hydrogen-bond acceptors (Lipinski definition) is 3. The van der Waals surface area contributed by atoms with Crippen LogP contribution in [0.25, 0.3) is 0 Å². The largest absolute Gasteiger partial charge is 0.481 e. The Morgan fingerprint density at radius 1 is 1.17 bits per heavy atom. The number of methoxy groups -OCH3 is 1. The minimum atomic E-state index is -0.737. The molecule has 2 saturated carbocycles. The van der Waals surface area contributed by atoms with Gasteiger partial charge in [0.1, 0.15) is 0 Å². The summed E-state index contributed by atoms with van der Waals surface area (Å²) in [6.45, 7) is 8.82. The molecule has 0 radical (unpaired) electrons. The van der Waals surface area contributed by atoms with Crippen LogP contribution in [0.15, 0.2) is 0 Å². The smallest absolute Gasteiger partial charge is 0.309 e. The van der Waals surface area contributed by atoms with E-state index in [0.717, 1.165) is 19.3 Å². The van der Waals surface area contributed by atoms with Crippen molar-refractivity contribution in [3.05, 3.63) is 0 Å². The lowest BCUT2D eigenvalue weighted by Gasteiger charge is -2.59. The number of aliphatic carboxylic acids is 1. The minimum absolute atomic E-state index is 0.00803. The molecule has 1 N–H and O–H groups in total. The van der Waals surface area contributed by atoms with Crippen LogP contribution in [0.3, 0.4) is 0 Å². The third-order valence-electron chi connectivity index (χ3n) is 7.72. The highest BCUT2D eigenvalue weighted by Crippen LogP contribution is 2.64. The molecule has 2 fully saturated rings. The summed E-state index contributed by atoms with van der Waals surface area (Å²) in [5.41, 5.74) is -0.346. The monoisotopic (exact) mass is 338 g/mol. The molecule has 0 unspecified atom stereocenters. The first kappa shape index (κ1) is 19.3. The number of fused-ring (bicyclic) bond motifs is 1. The number of hydrogen-bond donors (Lipinski definition) is 1. The second-order valence-electron chi connectivity index (χ2n) is 9.00. The van der Waals surface area contributed by atoms with E-state index >= 15 is 0 Å². The molecule has 0 aromatic rings. The molecule has 4 nitrogen and oxygen atoms in total. The van der Waals surface area contributed by atoms with Gasteiger partial charge < -0.3 is 9.84 Å². The predicted octanol–water partition coefficient (Wildman–Crippen LogP) is 4.66. The third-order valence-corrected chi connectivity index (χ3v) is 7.72. The fraction of sp³-hybridized carbons (Fsp3) is 0.900. The van der Waals surface area contributed by atoms with Crippen molar-refractivity contribution >= 4 is 11.9 Å². The van der Waals surface area contributed by atoms with Gasteiger partial charge in [-0.05, 0) is 68.1 Å². The van der Waals surface area contributed by atoms with Gasteiger partial charge in [0.2, 0.25) is 0 Å². The van der Waals surface area contributed by atoms with E-state index in [0.29, 0.717) is 30.6 Å². The van der Waals surface area contributed by atoms with Crippen LogP contribution in [0.4, 0.5) is 0 Å². The van der Waals surface area contributed by atoms with E-state index in [2.05, 4.69) is 20.8 Å². The van der Waals surface area contributed by atoms with Gasteiger partial charge in [0.15, 0.2) is 0 Å². The van der Waals surface area contributed by atoms with E-state index in [1.54, 1.807) is 0 Å². The second-order valence-corrected chi connectivity index (χ2v) is 9.00. The first-order valence-electron chi connectivity index (χ1n) is 9.41. The summed E-state index contributed by atoms with van der Waals surface area (Å²) in [5, 5.41) is 9.93. The normalized spacial score (nSPS) is 42.2. The zero-order valence-corrected chi connectivity index (χ0v) is 16.0. The highest BCUT2D eigenvalue weighted by Gasteiger charge is 2.58. The summed E-state index contributed by atoms with van der Waals surface area (Å²) in [5.74, 6) is -0.350. The summed E-state index contributed by atoms with van der Waals surface area (Å²) >= 11 is 0. The number of carbonyl (C=O) groups is 2. The highest BCUT2D eigenvalue weighted by atomic mass is 16.5. The van der Waals surface area contributed by atoms with Crippen molar-refractivity contribution in [2.75, 3.05) is 7.11 Å². The molecule has 24 heavy (non-hydrogen) atoms. The molecule has 0 saturated heterocycles. The average molecular weight is 338 g/mol. The Morgan fingerprint density at radius 3 is 2.38 bits per heavy atom. The van der Waals surface area contributed by atoms with E-state index in [-0.39, 0.29) is 17.3 Å². The van der Waals surface area contributed by atoms with Crippen LogP contribution in [-0.2, 0) is 14.3 Å². The molecular formula is C20H34O4. The third kappa shape index (κ3) is 3.21. The van der Waals surface area contributed by atoms with Crippen LogP contribution >= 0.6 is 0 Å². The molecule has 0 amide bonds. The van der Waals surface area contributed by atoms with Gasteiger partial charge in [-0.1, -0.05) is 27.2 Å². The lowest BCUT2D eigenvalue weighted by molar-refractivity contribution is -0.172. The average Bonchev–Trinajstić information content (AvgIpc) is 2.55. The van der Waals surface area contributed by atoms with E-state index in [9.17, 15) is 14.7 Å². The molecular weight excluding hydrogens is 304 g/mol. The van der Waals surface area contributed by atoms with Crippen molar-refractivity contribution < 1.29 is 19.4 Å². The van der Waals surface area contributed by atoms with Crippen LogP contribution in [0.1, 0.15) is 79.1 Å². The molecule has 2 aliphatic rings. The van der Waals surface area contributed by atoms with Crippen molar-refractivity contribution in [2.45, 2.75) is 79.1 Å². The quantitative estimate of drug-likeness (QED) is 0.740. The maximum Gasteiger partial charge on any atom is 0.309 e. The van der Waals surface area contributed by atoms with Crippen molar-refractivity contribution in [3.8, 4) is 0 Å². The Balaban J connectivity index is 2.31. The summed E-state index contributed by atoms with van der Waals surface area (Å²) in [6.07, 6.45) is 7.23. The Hall–Kier alpha value is -1.06. The predicted molar refractivity (Wildman–Crippen MR) is 93.6 cm³/mol. The van der Waals surface area contributed by atoms with E-state index in [1.807, 2.05) is 6.92 Å². The Morgan fingerprint density at radius 2 is 1.83 bits per heavy atom. The summed E-state index contributed by atoms with van der Waals surface area (Å²) < 4.78 is 4.80. The Labute approximate surface area is 146 Å². The van der Waals surface area contributed by atoms with E-state index in [1.165, 1.54) is 20.0 Å². The zero-order valence-electron chi connectivity index (χ0n) is 16.0. The van der Waals surface area contributed by atoms with Crippen LogP contribution in [-0.4, -0.2) is 24.2 Å². The van der Waals surface area contributed by atoms with Crippen molar-refractivity contribution in [3.63, 3.8) is 0 Å². The Bertz CT molecular complexity index is 502. The number of ether oxygens (including phenoxy) is 1. The lowest BCUT2D eigenvalue weighted by atomic mass is 9.44. The summed E-state index contributed by atoms with van der Waals surface area (Å²) in [6, 6.07) is 0. The number of esters is 1. The first-order chi connectivity index (χ1) is 11.1. The first-order valence-corrected chi connectivity index (χ1v) is 9.41.